The number of thiocarbonyl (C=S) groups is 1. The van der Waals surface area contributed by atoms with Crippen molar-refractivity contribution < 1.29 is 9.53 Å². The summed E-state index contributed by atoms with van der Waals surface area (Å²) in [6.45, 7) is 1.96. The van der Waals surface area contributed by atoms with Crippen molar-refractivity contribution in [3.63, 3.8) is 0 Å². The van der Waals surface area contributed by atoms with Gasteiger partial charge in [-0.05, 0) is 19.1 Å². The predicted molar refractivity (Wildman–Crippen MR) is 55.0 cm³/mol. The summed E-state index contributed by atoms with van der Waals surface area (Å²) in [4.78, 5) is 11.9. The lowest BCUT2D eigenvalue weighted by molar-refractivity contribution is 0.0565. The molecule has 3 heteroatoms. The second-order valence-corrected chi connectivity index (χ2v) is 3.34. The van der Waals surface area contributed by atoms with E-state index in [1.165, 1.54) is 0 Å². The molecule has 0 unspecified atom stereocenters. The summed E-state index contributed by atoms with van der Waals surface area (Å²) in [6.07, 6.45) is 0. The van der Waals surface area contributed by atoms with Crippen LogP contribution in [0.1, 0.15) is 17.3 Å². The fourth-order valence-corrected chi connectivity index (χ4v) is 0.884. The van der Waals surface area contributed by atoms with Crippen LogP contribution >= 0.6 is 12.2 Å². The van der Waals surface area contributed by atoms with E-state index in [9.17, 15) is 4.79 Å². The fourth-order valence-electron chi connectivity index (χ4n) is 0.825. The number of rotatable bonds is 3. The molecule has 0 saturated carbocycles. The lowest BCUT2D eigenvalue weighted by Gasteiger charge is -2.02. The fraction of sp³-hybridized carbons (Fsp3) is 0.200. The minimum atomic E-state index is -0.329. The third-order valence-electron chi connectivity index (χ3n) is 1.42. The largest absolute Gasteiger partial charge is 0.457 e. The van der Waals surface area contributed by atoms with E-state index in [1.54, 1.807) is 31.2 Å². The molecule has 0 aliphatic carbocycles. The van der Waals surface area contributed by atoms with Gasteiger partial charge in [0.2, 0.25) is 0 Å². The number of carbonyl (C=O) groups excluding carboxylic acids is 1. The summed E-state index contributed by atoms with van der Waals surface area (Å²) in [5.41, 5.74) is 0.554. The Morgan fingerprint density at radius 2 is 2.00 bits per heavy atom. The van der Waals surface area contributed by atoms with Gasteiger partial charge in [-0.25, -0.2) is 4.79 Å². The van der Waals surface area contributed by atoms with E-state index in [-0.39, 0.29) is 12.6 Å². The zero-order valence-corrected chi connectivity index (χ0v) is 8.14. The van der Waals surface area contributed by atoms with E-state index in [1.807, 2.05) is 6.07 Å². The molecule has 0 radical (unpaired) electrons. The van der Waals surface area contributed by atoms with Gasteiger partial charge in [-0.3, -0.25) is 0 Å². The molecule has 13 heavy (non-hydrogen) atoms. The van der Waals surface area contributed by atoms with Crippen LogP contribution in [0, 0.1) is 0 Å². The summed E-state index contributed by atoms with van der Waals surface area (Å²) in [7, 11) is 0. The zero-order chi connectivity index (χ0) is 9.68. The highest BCUT2D eigenvalue weighted by molar-refractivity contribution is 7.80. The zero-order valence-electron chi connectivity index (χ0n) is 7.32. The van der Waals surface area contributed by atoms with Gasteiger partial charge in [0.05, 0.1) is 5.56 Å². The van der Waals surface area contributed by atoms with E-state index < -0.39 is 0 Å². The number of benzene rings is 1. The normalized spacial score (nSPS) is 9.31. The Bertz CT molecular complexity index is 306. The van der Waals surface area contributed by atoms with E-state index in [0.29, 0.717) is 10.4 Å². The Morgan fingerprint density at radius 3 is 2.54 bits per heavy atom. The monoisotopic (exact) mass is 194 g/mol. The van der Waals surface area contributed by atoms with Crippen LogP contribution in [0.15, 0.2) is 30.3 Å². The van der Waals surface area contributed by atoms with Crippen molar-refractivity contribution in [2.45, 2.75) is 6.92 Å². The van der Waals surface area contributed by atoms with Gasteiger partial charge in [-0.2, -0.15) is 0 Å². The molecular weight excluding hydrogens is 184 g/mol. The van der Waals surface area contributed by atoms with E-state index in [4.69, 9.17) is 17.0 Å². The molecule has 0 aromatic heterocycles. The van der Waals surface area contributed by atoms with Crippen LogP contribution in [-0.4, -0.2) is 17.4 Å². The molecule has 0 fully saturated rings. The lowest BCUT2D eigenvalue weighted by atomic mass is 10.2. The van der Waals surface area contributed by atoms with Crippen molar-refractivity contribution in [3.05, 3.63) is 35.9 Å². The first-order valence-corrected chi connectivity index (χ1v) is 4.32. The summed E-state index contributed by atoms with van der Waals surface area (Å²) in [5, 5.41) is 0. The van der Waals surface area contributed by atoms with Crippen molar-refractivity contribution in [1.82, 2.24) is 0 Å². The third kappa shape index (κ3) is 3.34. The summed E-state index contributed by atoms with van der Waals surface area (Å²) in [5.74, 6) is -0.329. The SMILES string of the molecule is CC(=S)COC(=O)c1ccccc1. The van der Waals surface area contributed by atoms with Gasteiger partial charge in [0.25, 0.3) is 0 Å². The van der Waals surface area contributed by atoms with Gasteiger partial charge in [0, 0.05) is 4.86 Å². The van der Waals surface area contributed by atoms with Crippen LogP contribution in [-0.2, 0) is 4.74 Å². The van der Waals surface area contributed by atoms with E-state index in [2.05, 4.69) is 0 Å². The highest BCUT2D eigenvalue weighted by atomic mass is 32.1. The van der Waals surface area contributed by atoms with Crippen LogP contribution < -0.4 is 0 Å². The molecule has 0 N–H and O–H groups in total. The molecule has 68 valence electrons. The predicted octanol–water partition coefficient (Wildman–Crippen LogP) is 2.23. The molecule has 0 aliphatic heterocycles. The average molecular weight is 194 g/mol. The quantitative estimate of drug-likeness (QED) is 0.545. The van der Waals surface area contributed by atoms with Crippen LogP contribution in [0.25, 0.3) is 0 Å². The first-order chi connectivity index (χ1) is 6.20. The second kappa shape index (κ2) is 4.72. The molecule has 0 aliphatic rings. The van der Waals surface area contributed by atoms with Crippen molar-refractivity contribution in [3.8, 4) is 0 Å². The van der Waals surface area contributed by atoms with Crippen molar-refractivity contribution in [2.75, 3.05) is 6.61 Å². The first-order valence-electron chi connectivity index (χ1n) is 3.92. The number of hydrogen-bond acceptors (Lipinski definition) is 3. The highest BCUT2D eigenvalue weighted by Gasteiger charge is 2.04. The Morgan fingerprint density at radius 1 is 1.38 bits per heavy atom. The molecule has 0 spiro atoms. The van der Waals surface area contributed by atoms with Crippen molar-refractivity contribution >= 4 is 23.1 Å². The molecule has 1 rings (SSSR count). The molecule has 0 bridgehead atoms. The summed E-state index contributed by atoms with van der Waals surface area (Å²) in [6, 6.07) is 8.85. The van der Waals surface area contributed by atoms with Gasteiger partial charge < -0.3 is 4.74 Å². The second-order valence-electron chi connectivity index (χ2n) is 2.64. The maximum Gasteiger partial charge on any atom is 0.338 e. The molecular formula is C10H10O2S. The molecule has 1 aromatic rings. The van der Waals surface area contributed by atoms with Crippen LogP contribution in [0.5, 0.6) is 0 Å². The number of esters is 1. The Balaban J connectivity index is 2.54. The Labute approximate surface area is 82.5 Å². The number of carbonyl (C=O) groups is 1. The Kier molecular flexibility index (Phi) is 3.58. The maximum absolute atomic E-state index is 11.3. The average Bonchev–Trinajstić information content (AvgIpc) is 2.15. The van der Waals surface area contributed by atoms with Gasteiger partial charge >= 0.3 is 5.97 Å². The molecule has 0 atom stereocenters. The van der Waals surface area contributed by atoms with Crippen LogP contribution in [0.2, 0.25) is 0 Å². The first kappa shape index (κ1) is 9.86. The van der Waals surface area contributed by atoms with Crippen molar-refractivity contribution in [1.29, 1.82) is 0 Å². The van der Waals surface area contributed by atoms with Gasteiger partial charge in [0.1, 0.15) is 6.61 Å². The van der Waals surface area contributed by atoms with Crippen LogP contribution in [0.3, 0.4) is 0 Å². The minimum Gasteiger partial charge on any atom is -0.457 e. The minimum absolute atomic E-state index is 0.211. The summed E-state index contributed by atoms with van der Waals surface area (Å²) < 4.78 is 4.91. The highest BCUT2D eigenvalue weighted by Crippen LogP contribution is 2.00. The molecule has 2 nitrogen and oxygen atoms in total. The van der Waals surface area contributed by atoms with E-state index in [0.717, 1.165) is 0 Å². The standard InChI is InChI=1S/C10H10O2S/c1-8(13)7-12-10(11)9-5-3-2-4-6-9/h2-6H,7H2,1H3. The van der Waals surface area contributed by atoms with Gasteiger partial charge in [0.15, 0.2) is 0 Å². The maximum atomic E-state index is 11.3. The van der Waals surface area contributed by atoms with Crippen molar-refractivity contribution in [2.24, 2.45) is 0 Å². The smallest absolute Gasteiger partial charge is 0.338 e. The topological polar surface area (TPSA) is 26.3 Å². The molecule has 0 heterocycles. The lowest BCUT2D eigenvalue weighted by Crippen LogP contribution is -2.09. The van der Waals surface area contributed by atoms with Gasteiger partial charge in [-0.1, -0.05) is 30.4 Å². The van der Waals surface area contributed by atoms with Crippen LogP contribution in [0.4, 0.5) is 0 Å². The summed E-state index contributed by atoms with van der Waals surface area (Å²) >= 11 is 4.79. The number of ether oxygens (including phenoxy) is 1. The van der Waals surface area contributed by atoms with E-state index >= 15 is 0 Å². The Hall–Kier alpha value is -1.22. The molecule has 1 aromatic carbocycles. The number of hydrogen-bond donors (Lipinski definition) is 0. The molecule has 0 amide bonds. The van der Waals surface area contributed by atoms with Gasteiger partial charge in [-0.15, -0.1) is 0 Å². The molecule has 0 saturated heterocycles. The third-order valence-corrected chi connectivity index (χ3v) is 1.53.